The normalized spacial score (nSPS) is 16.3. The molecule has 0 saturated carbocycles. The van der Waals surface area contributed by atoms with E-state index in [1.807, 2.05) is 36.5 Å². The van der Waals surface area contributed by atoms with E-state index >= 15 is 0 Å². The maximum absolute atomic E-state index is 13.8. The summed E-state index contributed by atoms with van der Waals surface area (Å²) in [4.78, 5) is 42.1. The van der Waals surface area contributed by atoms with E-state index in [-0.39, 0.29) is 12.5 Å². The van der Waals surface area contributed by atoms with Crippen molar-refractivity contribution in [1.29, 1.82) is 0 Å². The molecule has 1 unspecified atom stereocenters. The molecule has 10 heteroatoms. The maximum Gasteiger partial charge on any atom is 0.417 e. The lowest BCUT2D eigenvalue weighted by Gasteiger charge is -2.33. The Morgan fingerprint density at radius 1 is 1.07 bits per heavy atom. The number of amides is 2. The molecule has 1 atom stereocenters. The molecule has 2 amide bonds. The first-order valence-corrected chi connectivity index (χ1v) is 14.9. The number of methoxy groups -OCH3 is 1. The fourth-order valence-corrected chi connectivity index (χ4v) is 5.56. The van der Waals surface area contributed by atoms with Crippen molar-refractivity contribution in [3.05, 3.63) is 65.6 Å². The van der Waals surface area contributed by atoms with Crippen molar-refractivity contribution in [2.75, 3.05) is 57.2 Å². The van der Waals surface area contributed by atoms with Gasteiger partial charge in [0, 0.05) is 51.1 Å². The zero-order valence-electron chi connectivity index (χ0n) is 26.0. The Hall–Kier alpha value is -4.02. The van der Waals surface area contributed by atoms with Crippen LogP contribution in [0.15, 0.2) is 48.8 Å². The van der Waals surface area contributed by atoms with Gasteiger partial charge in [-0.25, -0.2) is 14.7 Å². The lowest BCUT2D eigenvalue weighted by atomic mass is 9.93. The molecule has 2 aliphatic heterocycles. The summed E-state index contributed by atoms with van der Waals surface area (Å²) in [5, 5.41) is 3.35. The van der Waals surface area contributed by atoms with Crippen LogP contribution in [-0.4, -0.2) is 84.3 Å². The van der Waals surface area contributed by atoms with Crippen molar-refractivity contribution in [3.8, 4) is 11.1 Å². The molecule has 228 valence electrons. The first kappa shape index (κ1) is 30.4. The number of carbonyl (C=O) groups is 2. The van der Waals surface area contributed by atoms with Crippen molar-refractivity contribution >= 4 is 29.2 Å². The molecule has 0 aliphatic carbocycles. The maximum atomic E-state index is 13.8. The minimum absolute atomic E-state index is 0.108. The number of fused-ring (bicyclic) bond motifs is 1. The van der Waals surface area contributed by atoms with Gasteiger partial charge >= 0.3 is 6.09 Å². The zero-order valence-corrected chi connectivity index (χ0v) is 26.0. The van der Waals surface area contributed by atoms with Gasteiger partial charge in [0.15, 0.2) is 0 Å². The van der Waals surface area contributed by atoms with Gasteiger partial charge in [0.1, 0.15) is 11.4 Å². The first-order valence-electron chi connectivity index (χ1n) is 14.9. The number of aromatic nitrogens is 2. The highest BCUT2D eigenvalue weighted by molar-refractivity contribution is 6.11. The number of anilines is 3. The minimum atomic E-state index is -0.734. The second-order valence-electron chi connectivity index (χ2n) is 12.2. The van der Waals surface area contributed by atoms with Crippen LogP contribution in [-0.2, 0) is 16.0 Å². The SMILES string of the molecule is CCC(COC)c1cc(-c2ccc(Nc3ccc(N4CCN(C)CC4)cn3)c3c2CN(C(=O)OC(C)(C)C)C3=O)ccn1. The van der Waals surface area contributed by atoms with Crippen LogP contribution in [0.1, 0.15) is 61.6 Å². The lowest BCUT2D eigenvalue weighted by molar-refractivity contribution is 0.0248. The van der Waals surface area contributed by atoms with Crippen molar-refractivity contribution in [2.45, 2.75) is 52.2 Å². The molecule has 1 aromatic carbocycles. The third kappa shape index (κ3) is 6.81. The third-order valence-electron chi connectivity index (χ3n) is 7.95. The van der Waals surface area contributed by atoms with Crippen LogP contribution < -0.4 is 10.2 Å². The molecule has 43 heavy (non-hydrogen) atoms. The Labute approximate surface area is 254 Å². The van der Waals surface area contributed by atoms with Gasteiger partial charge in [0.25, 0.3) is 5.91 Å². The minimum Gasteiger partial charge on any atom is -0.443 e. The van der Waals surface area contributed by atoms with Crippen molar-refractivity contribution in [3.63, 3.8) is 0 Å². The van der Waals surface area contributed by atoms with Gasteiger partial charge in [0.05, 0.1) is 36.3 Å². The molecule has 2 aliphatic rings. The van der Waals surface area contributed by atoms with Crippen molar-refractivity contribution in [1.82, 2.24) is 19.8 Å². The first-order chi connectivity index (χ1) is 20.6. The fourth-order valence-electron chi connectivity index (χ4n) is 5.56. The van der Waals surface area contributed by atoms with Crippen LogP contribution in [0.2, 0.25) is 0 Å². The van der Waals surface area contributed by atoms with Gasteiger partial charge in [-0.3, -0.25) is 9.78 Å². The predicted molar refractivity (Wildman–Crippen MR) is 168 cm³/mol. The molecule has 1 saturated heterocycles. The molecule has 4 heterocycles. The van der Waals surface area contributed by atoms with Crippen LogP contribution in [0.25, 0.3) is 11.1 Å². The third-order valence-corrected chi connectivity index (χ3v) is 7.95. The largest absolute Gasteiger partial charge is 0.443 e. The van der Waals surface area contributed by atoms with E-state index in [2.05, 4.69) is 45.1 Å². The van der Waals surface area contributed by atoms with Gasteiger partial charge in [0.2, 0.25) is 0 Å². The van der Waals surface area contributed by atoms with E-state index in [1.54, 1.807) is 34.1 Å². The Kier molecular flexibility index (Phi) is 8.98. The number of ether oxygens (including phenoxy) is 2. The summed E-state index contributed by atoms with van der Waals surface area (Å²) in [5.74, 6) is 0.370. The van der Waals surface area contributed by atoms with Gasteiger partial charge < -0.3 is 24.6 Å². The highest BCUT2D eigenvalue weighted by atomic mass is 16.6. The average Bonchev–Trinajstić information content (AvgIpc) is 3.34. The number of hydrogen-bond acceptors (Lipinski definition) is 9. The zero-order chi connectivity index (χ0) is 30.7. The van der Waals surface area contributed by atoms with Crippen molar-refractivity contribution < 1.29 is 19.1 Å². The van der Waals surface area contributed by atoms with Crippen LogP contribution in [0.4, 0.5) is 22.0 Å². The van der Waals surface area contributed by atoms with E-state index in [9.17, 15) is 9.59 Å². The number of pyridine rings is 2. The summed E-state index contributed by atoms with van der Waals surface area (Å²) in [6.45, 7) is 12.1. The lowest BCUT2D eigenvalue weighted by Crippen LogP contribution is -2.44. The quantitative estimate of drug-likeness (QED) is 0.358. The number of likely N-dealkylation sites (N-methyl/N-ethyl adjacent to an activating group) is 1. The van der Waals surface area contributed by atoms with E-state index in [0.717, 1.165) is 60.7 Å². The van der Waals surface area contributed by atoms with E-state index in [1.165, 1.54) is 4.90 Å². The second-order valence-corrected chi connectivity index (χ2v) is 12.2. The predicted octanol–water partition coefficient (Wildman–Crippen LogP) is 5.67. The number of nitrogens with zero attached hydrogens (tertiary/aromatic N) is 5. The number of benzene rings is 1. The van der Waals surface area contributed by atoms with Gasteiger partial charge in [-0.15, -0.1) is 0 Å². The standard InChI is InChI=1S/C33H42N6O4/c1-7-22(21-42-6)28-18-23(12-13-34-28)25-9-10-27(30-26(25)20-39(31(30)40)32(41)43-33(2,3)4)36-29-11-8-24(19-35-29)38-16-14-37(5)15-17-38/h8-13,18-19,22H,7,14-17,20-21H2,1-6H3,(H,35,36). The summed E-state index contributed by atoms with van der Waals surface area (Å²) in [7, 11) is 3.82. The molecule has 5 rings (SSSR count). The van der Waals surface area contributed by atoms with Gasteiger partial charge in [-0.1, -0.05) is 13.0 Å². The van der Waals surface area contributed by atoms with E-state index < -0.39 is 17.6 Å². The topological polar surface area (TPSA) is 100 Å². The molecule has 0 radical (unpaired) electrons. The Morgan fingerprint density at radius 3 is 2.49 bits per heavy atom. The van der Waals surface area contributed by atoms with Crippen LogP contribution >= 0.6 is 0 Å². The molecular formula is C33H42N6O4. The molecule has 10 nitrogen and oxygen atoms in total. The Balaban J connectivity index is 1.49. The Morgan fingerprint density at radius 2 is 1.84 bits per heavy atom. The smallest absolute Gasteiger partial charge is 0.417 e. The monoisotopic (exact) mass is 586 g/mol. The molecule has 0 spiro atoms. The number of rotatable bonds is 8. The highest BCUT2D eigenvalue weighted by Crippen LogP contribution is 2.39. The Bertz CT molecular complexity index is 1460. The van der Waals surface area contributed by atoms with E-state index in [0.29, 0.717) is 23.7 Å². The number of nitrogens with one attached hydrogen (secondary N) is 1. The average molecular weight is 587 g/mol. The summed E-state index contributed by atoms with van der Waals surface area (Å²) in [6.07, 6.45) is 3.87. The number of imide groups is 1. The number of hydrogen-bond donors (Lipinski definition) is 1. The molecule has 1 fully saturated rings. The molecule has 1 N–H and O–H groups in total. The molecule has 3 aromatic rings. The van der Waals surface area contributed by atoms with Crippen molar-refractivity contribution in [2.24, 2.45) is 0 Å². The van der Waals surface area contributed by atoms with Crippen LogP contribution in [0.3, 0.4) is 0 Å². The molecular weight excluding hydrogens is 544 g/mol. The second kappa shape index (κ2) is 12.7. The summed E-state index contributed by atoms with van der Waals surface area (Å²) in [6, 6.07) is 11.8. The summed E-state index contributed by atoms with van der Waals surface area (Å²) in [5.41, 5.74) is 4.85. The molecule has 0 bridgehead atoms. The van der Waals surface area contributed by atoms with E-state index in [4.69, 9.17) is 9.47 Å². The van der Waals surface area contributed by atoms with Crippen LogP contribution in [0, 0.1) is 0 Å². The summed E-state index contributed by atoms with van der Waals surface area (Å²) < 4.78 is 11.0. The summed E-state index contributed by atoms with van der Waals surface area (Å²) >= 11 is 0. The van der Waals surface area contributed by atoms with Gasteiger partial charge in [-0.2, -0.15) is 0 Å². The fraction of sp³-hybridized carbons (Fsp3) is 0.455. The molecule has 2 aromatic heterocycles. The number of piperazine rings is 1. The van der Waals surface area contributed by atoms with Crippen LogP contribution in [0.5, 0.6) is 0 Å². The number of carbonyl (C=O) groups excluding carboxylic acids is 2. The van der Waals surface area contributed by atoms with Gasteiger partial charge in [-0.05, 0) is 81.3 Å². The highest BCUT2D eigenvalue weighted by Gasteiger charge is 2.38.